The van der Waals surface area contributed by atoms with Crippen LogP contribution in [0.3, 0.4) is 0 Å². The molecule has 0 heterocycles. The van der Waals surface area contributed by atoms with Gasteiger partial charge in [0.25, 0.3) is 10.0 Å². The molecule has 2 rings (SSSR count). The molecule has 0 saturated heterocycles. The summed E-state index contributed by atoms with van der Waals surface area (Å²) in [7, 11) is -2.60. The standard InChI is InChI=1S/C17H16BrClN2O3S/c1-12-4-6-14(7-5-12)21(9-3-8-20)25(22,23)16-11-13(19)10-15(18)17(16)24-2/h4-7,10-11H,3,9H2,1-2H3. The maximum atomic E-state index is 13.3. The Labute approximate surface area is 161 Å². The third kappa shape index (κ3) is 4.27. The van der Waals surface area contributed by atoms with Crippen LogP contribution in [0.5, 0.6) is 5.75 Å². The highest BCUT2D eigenvalue weighted by atomic mass is 79.9. The second kappa shape index (κ2) is 8.09. The Kier molecular flexibility index (Phi) is 6.33. The van der Waals surface area contributed by atoms with Gasteiger partial charge in [0, 0.05) is 11.6 Å². The highest BCUT2D eigenvalue weighted by Crippen LogP contribution is 2.38. The van der Waals surface area contributed by atoms with E-state index in [-0.39, 0.29) is 28.6 Å². The number of benzene rings is 2. The fraction of sp³-hybridized carbons (Fsp3) is 0.235. The topological polar surface area (TPSA) is 70.4 Å². The van der Waals surface area contributed by atoms with Crippen LogP contribution in [0, 0.1) is 18.3 Å². The number of anilines is 1. The van der Waals surface area contributed by atoms with E-state index >= 15 is 0 Å². The van der Waals surface area contributed by atoms with Crippen LogP contribution in [-0.4, -0.2) is 22.1 Å². The Morgan fingerprint density at radius 1 is 1.28 bits per heavy atom. The molecule has 25 heavy (non-hydrogen) atoms. The molecule has 0 aliphatic carbocycles. The molecule has 0 spiro atoms. The van der Waals surface area contributed by atoms with Gasteiger partial charge in [-0.1, -0.05) is 29.3 Å². The van der Waals surface area contributed by atoms with Crippen molar-refractivity contribution >= 4 is 43.2 Å². The molecule has 0 amide bonds. The Balaban J connectivity index is 2.64. The summed E-state index contributed by atoms with van der Waals surface area (Å²) in [5.74, 6) is 0.165. The Morgan fingerprint density at radius 2 is 1.92 bits per heavy atom. The fourth-order valence-electron chi connectivity index (χ4n) is 2.30. The molecule has 0 N–H and O–H groups in total. The Bertz CT molecular complexity index is 909. The van der Waals surface area contributed by atoms with Crippen molar-refractivity contribution in [3.05, 3.63) is 51.5 Å². The number of hydrogen-bond donors (Lipinski definition) is 0. The number of rotatable bonds is 6. The Morgan fingerprint density at radius 3 is 2.48 bits per heavy atom. The van der Waals surface area contributed by atoms with E-state index in [1.165, 1.54) is 17.5 Å². The van der Waals surface area contributed by atoms with Crippen LogP contribution >= 0.6 is 27.5 Å². The minimum atomic E-state index is -3.98. The number of halogens is 2. The number of ether oxygens (including phenoxy) is 1. The molecule has 2 aromatic carbocycles. The summed E-state index contributed by atoms with van der Waals surface area (Å²) >= 11 is 9.31. The van der Waals surface area contributed by atoms with Gasteiger partial charge >= 0.3 is 0 Å². The van der Waals surface area contributed by atoms with E-state index in [9.17, 15) is 8.42 Å². The number of sulfonamides is 1. The monoisotopic (exact) mass is 442 g/mol. The molecule has 5 nitrogen and oxygen atoms in total. The van der Waals surface area contributed by atoms with Crippen LogP contribution in [0.1, 0.15) is 12.0 Å². The van der Waals surface area contributed by atoms with E-state index in [1.54, 1.807) is 18.2 Å². The number of hydrogen-bond acceptors (Lipinski definition) is 4. The highest BCUT2D eigenvalue weighted by molar-refractivity contribution is 9.10. The van der Waals surface area contributed by atoms with Crippen molar-refractivity contribution in [1.29, 1.82) is 5.26 Å². The first-order chi connectivity index (χ1) is 11.8. The first kappa shape index (κ1) is 19.6. The molecular formula is C17H16BrClN2O3S. The average molecular weight is 444 g/mol. The average Bonchev–Trinajstić information content (AvgIpc) is 2.56. The predicted octanol–water partition coefficient (Wildman–Crippen LogP) is 4.53. The lowest BCUT2D eigenvalue weighted by atomic mass is 10.2. The largest absolute Gasteiger partial charge is 0.494 e. The van der Waals surface area contributed by atoms with Gasteiger partial charge in [0.15, 0.2) is 5.75 Å². The molecule has 0 aromatic heterocycles. The number of nitrogens with zero attached hydrogens (tertiary/aromatic N) is 2. The lowest BCUT2D eigenvalue weighted by molar-refractivity contribution is 0.400. The van der Waals surface area contributed by atoms with Crippen molar-refractivity contribution in [2.75, 3.05) is 18.0 Å². The van der Waals surface area contributed by atoms with Crippen molar-refractivity contribution in [3.63, 3.8) is 0 Å². The fourth-order valence-corrected chi connectivity index (χ4v) is 5.14. The summed E-state index contributed by atoms with van der Waals surface area (Å²) in [4.78, 5) is -0.0621. The van der Waals surface area contributed by atoms with Crippen molar-refractivity contribution in [3.8, 4) is 11.8 Å². The molecule has 0 aliphatic rings. The van der Waals surface area contributed by atoms with Gasteiger partial charge in [-0.3, -0.25) is 4.31 Å². The van der Waals surface area contributed by atoms with E-state index < -0.39 is 10.0 Å². The number of methoxy groups -OCH3 is 1. The first-order valence-electron chi connectivity index (χ1n) is 7.30. The van der Waals surface area contributed by atoms with Gasteiger partial charge in [-0.25, -0.2) is 8.42 Å². The lowest BCUT2D eigenvalue weighted by Crippen LogP contribution is -2.32. The quantitative estimate of drug-likeness (QED) is 0.658. The van der Waals surface area contributed by atoms with Crippen molar-refractivity contribution in [2.45, 2.75) is 18.2 Å². The van der Waals surface area contributed by atoms with Crippen molar-refractivity contribution in [1.82, 2.24) is 0 Å². The predicted molar refractivity (Wildman–Crippen MR) is 102 cm³/mol. The zero-order valence-electron chi connectivity index (χ0n) is 13.7. The zero-order chi connectivity index (χ0) is 18.6. The summed E-state index contributed by atoms with van der Waals surface area (Å²) in [6.07, 6.45) is 0.0527. The SMILES string of the molecule is COc1c(Br)cc(Cl)cc1S(=O)(=O)N(CCC#N)c1ccc(C)cc1. The summed E-state index contributed by atoms with van der Waals surface area (Å²) < 4.78 is 33.4. The molecule has 8 heteroatoms. The third-order valence-corrected chi connectivity index (χ3v) is 6.14. The minimum absolute atomic E-state index is 0.0230. The van der Waals surface area contributed by atoms with Crippen molar-refractivity contribution < 1.29 is 13.2 Å². The van der Waals surface area contributed by atoms with E-state index in [0.717, 1.165) is 5.56 Å². The van der Waals surface area contributed by atoms with Crippen LogP contribution in [-0.2, 0) is 10.0 Å². The van der Waals surface area contributed by atoms with Gasteiger partial charge in [-0.2, -0.15) is 5.26 Å². The van der Waals surface area contributed by atoms with Crippen LogP contribution in [0.25, 0.3) is 0 Å². The van der Waals surface area contributed by atoms with Gasteiger partial charge in [0.1, 0.15) is 4.90 Å². The van der Waals surface area contributed by atoms with Crippen LogP contribution < -0.4 is 9.04 Å². The van der Waals surface area contributed by atoms with Crippen LogP contribution in [0.15, 0.2) is 45.8 Å². The summed E-state index contributed by atoms with van der Waals surface area (Å²) in [5.41, 5.74) is 1.48. The van der Waals surface area contributed by atoms with Crippen molar-refractivity contribution in [2.24, 2.45) is 0 Å². The number of nitriles is 1. The Hall–Kier alpha value is -1.75. The van der Waals surface area contributed by atoms with Gasteiger partial charge in [-0.05, 0) is 47.1 Å². The second-order valence-electron chi connectivity index (χ2n) is 5.24. The van der Waals surface area contributed by atoms with Gasteiger partial charge in [0.2, 0.25) is 0 Å². The van der Waals surface area contributed by atoms with E-state index in [1.807, 2.05) is 25.1 Å². The maximum absolute atomic E-state index is 13.3. The molecule has 0 saturated carbocycles. The van der Waals surface area contributed by atoms with E-state index in [2.05, 4.69) is 15.9 Å². The molecule has 0 radical (unpaired) electrons. The maximum Gasteiger partial charge on any atom is 0.268 e. The van der Waals surface area contributed by atoms with Crippen LogP contribution in [0.4, 0.5) is 5.69 Å². The van der Waals surface area contributed by atoms with E-state index in [4.69, 9.17) is 21.6 Å². The second-order valence-corrected chi connectivity index (χ2v) is 8.36. The van der Waals surface area contributed by atoms with Gasteiger partial charge in [0.05, 0.1) is 29.8 Å². The highest BCUT2D eigenvalue weighted by Gasteiger charge is 2.29. The summed E-state index contributed by atoms with van der Waals surface area (Å²) in [6.45, 7) is 1.93. The normalized spacial score (nSPS) is 11.0. The van der Waals surface area contributed by atoms with Crippen LogP contribution in [0.2, 0.25) is 5.02 Å². The summed E-state index contributed by atoms with van der Waals surface area (Å²) in [6, 6.07) is 11.9. The molecular weight excluding hydrogens is 428 g/mol. The molecule has 0 fully saturated rings. The van der Waals surface area contributed by atoms with Gasteiger partial charge < -0.3 is 4.74 Å². The number of aryl methyl sites for hydroxylation is 1. The molecule has 132 valence electrons. The molecule has 0 aliphatic heterocycles. The molecule has 0 bridgehead atoms. The minimum Gasteiger partial charge on any atom is -0.494 e. The van der Waals surface area contributed by atoms with E-state index in [0.29, 0.717) is 10.2 Å². The molecule has 0 atom stereocenters. The first-order valence-corrected chi connectivity index (χ1v) is 9.91. The van der Waals surface area contributed by atoms with Gasteiger partial charge in [-0.15, -0.1) is 0 Å². The summed E-state index contributed by atoms with van der Waals surface area (Å²) in [5, 5.41) is 9.17. The zero-order valence-corrected chi connectivity index (χ0v) is 16.8. The lowest BCUT2D eigenvalue weighted by Gasteiger charge is -2.25. The molecule has 0 unspecified atom stereocenters. The smallest absolute Gasteiger partial charge is 0.268 e. The third-order valence-electron chi connectivity index (χ3n) is 3.50. The molecule has 2 aromatic rings.